The zero-order chi connectivity index (χ0) is 29.1. The molecule has 3 aromatic carbocycles. The number of aryl methyl sites for hydroxylation is 1. The molecule has 3 aromatic rings. The van der Waals surface area contributed by atoms with Crippen LogP contribution in [0.5, 0.6) is 0 Å². The first-order valence-electron chi connectivity index (χ1n) is 12.3. The van der Waals surface area contributed by atoms with Crippen molar-refractivity contribution in [2.75, 3.05) is 13.6 Å². The predicted molar refractivity (Wildman–Crippen MR) is 148 cm³/mol. The van der Waals surface area contributed by atoms with Gasteiger partial charge in [0.15, 0.2) is 0 Å². The minimum absolute atomic E-state index is 0.00263. The average Bonchev–Trinajstić information content (AvgIpc) is 2.95. The highest BCUT2D eigenvalue weighted by Crippen LogP contribution is 2.19. The summed E-state index contributed by atoms with van der Waals surface area (Å²) < 4.78 is 37.0. The van der Waals surface area contributed by atoms with E-state index in [1.807, 2.05) is 13.0 Å². The Morgan fingerprint density at radius 2 is 1.48 bits per heavy atom. The highest BCUT2D eigenvalue weighted by molar-refractivity contribution is 7.89. The normalized spacial score (nSPS) is 11.6. The number of alkyl carbamates (subject to hydrolysis) is 1. The lowest BCUT2D eigenvalue weighted by Crippen LogP contribution is -2.47. The molecule has 0 heterocycles. The van der Waals surface area contributed by atoms with E-state index in [9.17, 15) is 22.8 Å². The molecular formula is C29H31N3O7S. The number of carbonyl (C=O) groups is 3. The minimum Gasteiger partial charge on any atom is -0.445 e. The van der Waals surface area contributed by atoms with Crippen LogP contribution < -0.4 is 10.6 Å². The molecule has 2 N–H and O–H groups in total. The first-order chi connectivity index (χ1) is 19.1. The fourth-order valence-electron chi connectivity index (χ4n) is 3.47. The average molecular weight is 566 g/mol. The molecule has 210 valence electrons. The molecule has 2 amide bonds. The van der Waals surface area contributed by atoms with E-state index in [2.05, 4.69) is 17.2 Å². The van der Waals surface area contributed by atoms with Crippen molar-refractivity contribution in [1.82, 2.24) is 14.9 Å². The summed E-state index contributed by atoms with van der Waals surface area (Å²) in [4.78, 5) is 37.7. The van der Waals surface area contributed by atoms with Crippen LogP contribution in [0.15, 0.2) is 102 Å². The lowest BCUT2D eigenvalue weighted by Gasteiger charge is -2.23. The van der Waals surface area contributed by atoms with Crippen molar-refractivity contribution in [2.24, 2.45) is 0 Å². The fourth-order valence-corrected chi connectivity index (χ4v) is 4.57. The van der Waals surface area contributed by atoms with Crippen LogP contribution in [-0.2, 0) is 42.1 Å². The van der Waals surface area contributed by atoms with E-state index in [0.29, 0.717) is 5.56 Å². The number of hydrogen-bond acceptors (Lipinski definition) is 7. The van der Waals surface area contributed by atoms with Crippen LogP contribution in [0.4, 0.5) is 4.79 Å². The molecular weight excluding hydrogens is 534 g/mol. The number of amides is 2. The maximum atomic E-state index is 13.1. The van der Waals surface area contributed by atoms with E-state index in [1.54, 1.807) is 66.7 Å². The number of nitrogens with one attached hydrogen (secondary N) is 2. The van der Waals surface area contributed by atoms with Crippen molar-refractivity contribution in [3.05, 3.63) is 114 Å². The Hall–Kier alpha value is -4.64. The summed E-state index contributed by atoms with van der Waals surface area (Å²) in [6.45, 7) is 4.98. The summed E-state index contributed by atoms with van der Waals surface area (Å²) >= 11 is 0. The Balaban J connectivity index is 1.62. The number of sulfonamides is 1. The van der Waals surface area contributed by atoms with Crippen LogP contribution in [0, 0.1) is 6.92 Å². The molecule has 3 rings (SSSR count). The van der Waals surface area contributed by atoms with Gasteiger partial charge >= 0.3 is 12.1 Å². The molecule has 1 atom stereocenters. The molecule has 0 bridgehead atoms. The van der Waals surface area contributed by atoms with Crippen LogP contribution >= 0.6 is 0 Å². The number of esters is 1. The zero-order valence-corrected chi connectivity index (χ0v) is 23.0. The van der Waals surface area contributed by atoms with E-state index < -0.39 is 46.5 Å². The lowest BCUT2D eigenvalue weighted by molar-refractivity contribution is -0.145. The van der Waals surface area contributed by atoms with Crippen molar-refractivity contribution < 1.29 is 32.3 Å². The molecule has 0 unspecified atom stereocenters. The molecule has 0 aliphatic carbocycles. The van der Waals surface area contributed by atoms with Crippen LogP contribution in [0.1, 0.15) is 16.7 Å². The van der Waals surface area contributed by atoms with E-state index in [0.717, 1.165) is 15.4 Å². The SMILES string of the molecule is C=C(OC(=O)[C@H](Cc1ccccc1)NC(=O)CNC(=O)OCc1ccccc1)N(C)S(=O)(=O)c1ccc(C)cc1. The van der Waals surface area contributed by atoms with E-state index in [1.165, 1.54) is 19.2 Å². The van der Waals surface area contributed by atoms with Crippen LogP contribution in [0.25, 0.3) is 0 Å². The maximum Gasteiger partial charge on any atom is 0.407 e. The number of ether oxygens (including phenoxy) is 2. The number of benzene rings is 3. The third-order valence-corrected chi connectivity index (χ3v) is 7.55. The van der Waals surface area contributed by atoms with Crippen molar-refractivity contribution in [3.8, 4) is 0 Å². The molecule has 11 heteroatoms. The van der Waals surface area contributed by atoms with Gasteiger partial charge in [-0.25, -0.2) is 22.3 Å². The Morgan fingerprint density at radius 3 is 2.08 bits per heavy atom. The van der Waals surface area contributed by atoms with Gasteiger partial charge in [0.25, 0.3) is 10.0 Å². The second-order valence-corrected chi connectivity index (χ2v) is 10.8. The molecule has 0 fully saturated rings. The third kappa shape index (κ3) is 8.70. The largest absolute Gasteiger partial charge is 0.445 e. The second kappa shape index (κ2) is 13.9. The smallest absolute Gasteiger partial charge is 0.407 e. The Morgan fingerprint density at radius 1 is 0.900 bits per heavy atom. The summed E-state index contributed by atoms with van der Waals surface area (Å²) in [6.07, 6.45) is -0.761. The molecule has 40 heavy (non-hydrogen) atoms. The van der Waals surface area contributed by atoms with Crippen LogP contribution in [-0.4, -0.2) is 50.3 Å². The monoisotopic (exact) mass is 565 g/mol. The van der Waals surface area contributed by atoms with Gasteiger partial charge in [-0.05, 0) is 36.8 Å². The fraction of sp³-hybridized carbons (Fsp3) is 0.207. The molecule has 0 aromatic heterocycles. The molecule has 0 radical (unpaired) electrons. The number of rotatable bonds is 12. The maximum absolute atomic E-state index is 13.1. The van der Waals surface area contributed by atoms with Gasteiger partial charge in [0.1, 0.15) is 19.2 Å². The summed E-state index contributed by atoms with van der Waals surface area (Å²) in [6, 6.07) is 22.8. The van der Waals surface area contributed by atoms with Crippen molar-refractivity contribution in [2.45, 2.75) is 30.9 Å². The summed E-state index contributed by atoms with van der Waals surface area (Å²) in [5, 5.41) is 4.85. The molecule has 0 aliphatic heterocycles. The standard InChI is InChI=1S/C29H31N3O7S/c1-21-14-16-25(17-15-21)40(36,37)32(3)22(2)39-28(34)26(18-23-10-6-4-7-11-23)31-27(33)19-30-29(35)38-20-24-12-8-5-9-13-24/h4-17,26H,2,18-20H2,1,3H3,(H,30,35)(H,31,33)/t26-/m0/s1. The van der Waals surface area contributed by atoms with Gasteiger partial charge in [-0.2, -0.15) is 0 Å². The van der Waals surface area contributed by atoms with E-state index in [-0.39, 0.29) is 17.9 Å². The van der Waals surface area contributed by atoms with E-state index >= 15 is 0 Å². The van der Waals surface area contributed by atoms with Gasteiger partial charge in [-0.3, -0.25) is 4.79 Å². The first-order valence-corrected chi connectivity index (χ1v) is 13.7. The van der Waals surface area contributed by atoms with Gasteiger partial charge < -0.3 is 20.1 Å². The number of nitrogens with zero attached hydrogens (tertiary/aromatic N) is 1. The first kappa shape index (κ1) is 29.9. The van der Waals surface area contributed by atoms with Gasteiger partial charge in [0, 0.05) is 13.5 Å². The zero-order valence-electron chi connectivity index (χ0n) is 22.2. The van der Waals surface area contributed by atoms with Crippen LogP contribution in [0.3, 0.4) is 0 Å². The minimum atomic E-state index is -4.04. The molecule has 0 spiro atoms. The Kier molecular flexibility index (Phi) is 10.4. The number of carbonyl (C=O) groups excluding carboxylic acids is 3. The molecule has 10 nitrogen and oxygen atoms in total. The molecule has 0 saturated heterocycles. The second-order valence-electron chi connectivity index (χ2n) is 8.83. The summed E-state index contributed by atoms with van der Waals surface area (Å²) in [5.74, 6) is -2.05. The highest BCUT2D eigenvalue weighted by atomic mass is 32.2. The number of hydrogen-bond donors (Lipinski definition) is 2. The Labute approximate surface area is 233 Å². The topological polar surface area (TPSA) is 131 Å². The van der Waals surface area contributed by atoms with Gasteiger partial charge in [0.2, 0.25) is 11.8 Å². The molecule has 0 saturated carbocycles. The van der Waals surface area contributed by atoms with Crippen molar-refractivity contribution in [3.63, 3.8) is 0 Å². The van der Waals surface area contributed by atoms with Gasteiger partial charge in [0.05, 0.1) is 4.90 Å². The quantitative estimate of drug-likeness (QED) is 0.255. The predicted octanol–water partition coefficient (Wildman–Crippen LogP) is 3.28. The van der Waals surface area contributed by atoms with Gasteiger partial charge in [-0.1, -0.05) is 78.4 Å². The molecule has 0 aliphatic rings. The lowest BCUT2D eigenvalue weighted by atomic mass is 10.1. The Bertz CT molecular complexity index is 1430. The van der Waals surface area contributed by atoms with E-state index in [4.69, 9.17) is 9.47 Å². The van der Waals surface area contributed by atoms with Crippen molar-refractivity contribution >= 4 is 28.0 Å². The van der Waals surface area contributed by atoms with Crippen LogP contribution in [0.2, 0.25) is 0 Å². The summed E-state index contributed by atoms with van der Waals surface area (Å²) in [7, 11) is -2.84. The van der Waals surface area contributed by atoms with Crippen molar-refractivity contribution in [1.29, 1.82) is 0 Å². The van der Waals surface area contributed by atoms with Gasteiger partial charge in [-0.15, -0.1) is 0 Å². The highest BCUT2D eigenvalue weighted by Gasteiger charge is 2.28. The third-order valence-electron chi connectivity index (χ3n) is 5.76. The summed E-state index contributed by atoms with van der Waals surface area (Å²) in [5.41, 5.74) is 2.37.